The lowest BCUT2D eigenvalue weighted by atomic mass is 10.2. The van der Waals surface area contributed by atoms with Gasteiger partial charge in [-0.2, -0.15) is 0 Å². The largest absolute Gasteiger partial charge is 0.352 e. The van der Waals surface area contributed by atoms with Gasteiger partial charge in [0.25, 0.3) is 0 Å². The molecule has 1 aromatic carbocycles. The molecule has 2 aromatic rings. The Labute approximate surface area is 120 Å². The van der Waals surface area contributed by atoms with Crippen molar-refractivity contribution in [3.05, 3.63) is 30.1 Å². The van der Waals surface area contributed by atoms with Gasteiger partial charge in [-0.3, -0.25) is 4.79 Å². The first-order valence-electron chi connectivity index (χ1n) is 7.43. The molecule has 1 amide bonds. The van der Waals surface area contributed by atoms with Crippen LogP contribution in [0.15, 0.2) is 24.3 Å². The number of amides is 1. The van der Waals surface area contributed by atoms with E-state index in [9.17, 15) is 4.79 Å². The quantitative estimate of drug-likeness (QED) is 0.879. The molecule has 0 aliphatic carbocycles. The van der Waals surface area contributed by atoms with Crippen molar-refractivity contribution < 1.29 is 4.79 Å². The number of carbonyl (C=O) groups is 1. The Balaban J connectivity index is 2.22. The van der Waals surface area contributed by atoms with E-state index >= 15 is 0 Å². The van der Waals surface area contributed by atoms with Crippen molar-refractivity contribution in [2.75, 3.05) is 0 Å². The fraction of sp³-hybridized carbons (Fsp3) is 0.500. The van der Waals surface area contributed by atoms with Crippen LogP contribution in [0.25, 0.3) is 11.0 Å². The number of hydrogen-bond acceptors (Lipinski definition) is 2. The highest BCUT2D eigenvalue weighted by atomic mass is 16.2. The standard InChI is InChI=1S/C16H23N3O/c1-4-12(5-2)17-16(20)11-19-14-10-8-7-9-13(14)18-15(19)6-3/h7-10,12H,4-6,11H2,1-3H3,(H,17,20). The molecule has 0 aliphatic rings. The van der Waals surface area contributed by atoms with E-state index in [-0.39, 0.29) is 11.9 Å². The van der Waals surface area contributed by atoms with Crippen molar-refractivity contribution in [3.63, 3.8) is 0 Å². The highest BCUT2D eigenvalue weighted by Crippen LogP contribution is 2.16. The molecule has 0 radical (unpaired) electrons. The molecule has 2 rings (SSSR count). The maximum atomic E-state index is 12.2. The molecule has 0 atom stereocenters. The molecule has 0 spiro atoms. The lowest BCUT2D eigenvalue weighted by molar-refractivity contribution is -0.122. The third-order valence-corrected chi connectivity index (χ3v) is 3.70. The molecule has 0 saturated heterocycles. The molecular formula is C16H23N3O. The lowest BCUT2D eigenvalue weighted by Crippen LogP contribution is -2.36. The van der Waals surface area contributed by atoms with Crippen molar-refractivity contribution in [1.82, 2.24) is 14.9 Å². The van der Waals surface area contributed by atoms with Crippen molar-refractivity contribution in [2.45, 2.75) is 52.6 Å². The Morgan fingerprint density at radius 2 is 1.95 bits per heavy atom. The molecular weight excluding hydrogens is 250 g/mol. The summed E-state index contributed by atoms with van der Waals surface area (Å²) in [5.74, 6) is 1.03. The number of fused-ring (bicyclic) bond motifs is 1. The Kier molecular flexibility index (Phi) is 4.77. The maximum Gasteiger partial charge on any atom is 0.240 e. The van der Waals surface area contributed by atoms with E-state index < -0.39 is 0 Å². The van der Waals surface area contributed by atoms with Crippen LogP contribution < -0.4 is 5.32 Å². The van der Waals surface area contributed by atoms with Gasteiger partial charge in [0.15, 0.2) is 0 Å². The number of imidazole rings is 1. The molecule has 108 valence electrons. The number of benzene rings is 1. The third kappa shape index (κ3) is 3.00. The minimum Gasteiger partial charge on any atom is -0.352 e. The number of aromatic nitrogens is 2. The average Bonchev–Trinajstić information content (AvgIpc) is 2.83. The Morgan fingerprint density at radius 3 is 2.60 bits per heavy atom. The van der Waals surface area contributed by atoms with Gasteiger partial charge in [0.2, 0.25) is 5.91 Å². The summed E-state index contributed by atoms with van der Waals surface area (Å²) in [6.45, 7) is 6.60. The first kappa shape index (κ1) is 14.6. The molecule has 0 fully saturated rings. The van der Waals surface area contributed by atoms with Crippen LogP contribution in [0, 0.1) is 0 Å². The van der Waals surface area contributed by atoms with Gasteiger partial charge in [0.05, 0.1) is 11.0 Å². The summed E-state index contributed by atoms with van der Waals surface area (Å²) in [4.78, 5) is 16.8. The van der Waals surface area contributed by atoms with E-state index in [0.29, 0.717) is 6.54 Å². The highest BCUT2D eigenvalue weighted by Gasteiger charge is 2.14. The van der Waals surface area contributed by atoms with E-state index in [1.165, 1.54) is 0 Å². The molecule has 1 N–H and O–H groups in total. The van der Waals surface area contributed by atoms with Crippen LogP contribution in [0.3, 0.4) is 0 Å². The zero-order chi connectivity index (χ0) is 14.5. The predicted molar refractivity (Wildman–Crippen MR) is 81.6 cm³/mol. The van der Waals surface area contributed by atoms with E-state index in [1.807, 2.05) is 28.8 Å². The number of nitrogens with one attached hydrogen (secondary N) is 1. The van der Waals surface area contributed by atoms with E-state index in [1.54, 1.807) is 0 Å². The monoisotopic (exact) mass is 273 g/mol. The molecule has 0 saturated carbocycles. The van der Waals surface area contributed by atoms with Crippen LogP contribution in [0.2, 0.25) is 0 Å². The molecule has 4 nitrogen and oxygen atoms in total. The van der Waals surface area contributed by atoms with Gasteiger partial charge in [-0.05, 0) is 25.0 Å². The highest BCUT2D eigenvalue weighted by molar-refractivity contribution is 5.81. The number of para-hydroxylation sites is 2. The normalized spacial score (nSPS) is 11.2. The first-order chi connectivity index (χ1) is 9.69. The number of rotatable bonds is 6. The summed E-state index contributed by atoms with van der Waals surface area (Å²) < 4.78 is 2.02. The van der Waals surface area contributed by atoms with Gasteiger partial charge in [0.1, 0.15) is 12.4 Å². The molecule has 1 aromatic heterocycles. The van der Waals surface area contributed by atoms with Crippen LogP contribution in [0.5, 0.6) is 0 Å². The SMILES string of the molecule is CCc1nc2ccccc2n1CC(=O)NC(CC)CC. The number of nitrogens with zero attached hydrogens (tertiary/aromatic N) is 2. The first-order valence-corrected chi connectivity index (χ1v) is 7.43. The summed E-state index contributed by atoms with van der Waals surface area (Å²) in [6, 6.07) is 8.24. The molecule has 1 heterocycles. The minimum atomic E-state index is 0.0663. The molecule has 4 heteroatoms. The van der Waals surface area contributed by atoms with Crippen LogP contribution in [-0.2, 0) is 17.8 Å². The number of carbonyl (C=O) groups excluding carboxylic acids is 1. The van der Waals surface area contributed by atoms with E-state index in [2.05, 4.69) is 31.1 Å². The summed E-state index contributed by atoms with van der Waals surface area (Å²) in [7, 11) is 0. The predicted octanol–water partition coefficient (Wildman–Crippen LogP) is 2.90. The fourth-order valence-corrected chi connectivity index (χ4v) is 2.48. The fourth-order valence-electron chi connectivity index (χ4n) is 2.48. The lowest BCUT2D eigenvalue weighted by Gasteiger charge is -2.15. The van der Waals surface area contributed by atoms with Crippen molar-refractivity contribution in [2.24, 2.45) is 0 Å². The minimum absolute atomic E-state index is 0.0663. The van der Waals surface area contributed by atoms with Crippen LogP contribution in [-0.4, -0.2) is 21.5 Å². The summed E-state index contributed by atoms with van der Waals surface area (Å²) in [5.41, 5.74) is 1.99. The van der Waals surface area contributed by atoms with Gasteiger partial charge in [-0.1, -0.05) is 32.9 Å². The second kappa shape index (κ2) is 6.55. The topological polar surface area (TPSA) is 46.9 Å². The second-order valence-corrected chi connectivity index (χ2v) is 5.04. The Morgan fingerprint density at radius 1 is 1.25 bits per heavy atom. The second-order valence-electron chi connectivity index (χ2n) is 5.04. The van der Waals surface area contributed by atoms with E-state index in [4.69, 9.17) is 0 Å². The summed E-state index contributed by atoms with van der Waals surface area (Å²) in [6.07, 6.45) is 2.76. The number of hydrogen-bond donors (Lipinski definition) is 1. The molecule has 0 unspecified atom stereocenters. The summed E-state index contributed by atoms with van der Waals surface area (Å²) >= 11 is 0. The zero-order valence-corrected chi connectivity index (χ0v) is 12.5. The molecule has 20 heavy (non-hydrogen) atoms. The van der Waals surface area contributed by atoms with Crippen molar-refractivity contribution in [3.8, 4) is 0 Å². The summed E-state index contributed by atoms with van der Waals surface area (Å²) in [5, 5.41) is 3.08. The van der Waals surface area contributed by atoms with Crippen LogP contribution in [0.4, 0.5) is 0 Å². The molecule has 0 aliphatic heterocycles. The third-order valence-electron chi connectivity index (χ3n) is 3.70. The Bertz CT molecular complexity index is 584. The molecule has 0 bridgehead atoms. The number of aryl methyl sites for hydroxylation is 1. The van der Waals surface area contributed by atoms with Gasteiger partial charge < -0.3 is 9.88 Å². The van der Waals surface area contributed by atoms with Gasteiger partial charge in [-0.15, -0.1) is 0 Å². The van der Waals surface area contributed by atoms with Gasteiger partial charge in [-0.25, -0.2) is 4.98 Å². The Hall–Kier alpha value is -1.84. The maximum absolute atomic E-state index is 12.2. The zero-order valence-electron chi connectivity index (χ0n) is 12.5. The average molecular weight is 273 g/mol. The van der Waals surface area contributed by atoms with Crippen LogP contribution in [0.1, 0.15) is 39.4 Å². The van der Waals surface area contributed by atoms with Crippen molar-refractivity contribution >= 4 is 16.9 Å². The van der Waals surface area contributed by atoms with E-state index in [0.717, 1.165) is 36.1 Å². The van der Waals surface area contributed by atoms with Crippen molar-refractivity contribution in [1.29, 1.82) is 0 Å². The van der Waals surface area contributed by atoms with Crippen LogP contribution >= 0.6 is 0 Å². The van der Waals surface area contributed by atoms with Gasteiger partial charge >= 0.3 is 0 Å². The smallest absolute Gasteiger partial charge is 0.240 e. The van der Waals surface area contributed by atoms with Gasteiger partial charge in [0, 0.05) is 12.5 Å².